The third kappa shape index (κ3) is 4.53. The van der Waals surface area contributed by atoms with Crippen molar-refractivity contribution in [1.29, 1.82) is 0 Å². The third-order valence-corrected chi connectivity index (χ3v) is 5.04. The quantitative estimate of drug-likeness (QED) is 0.751. The molecule has 0 bridgehead atoms. The minimum atomic E-state index is -0.808. The van der Waals surface area contributed by atoms with E-state index in [1.54, 1.807) is 30.0 Å². The molecule has 0 N–H and O–H groups in total. The van der Waals surface area contributed by atoms with Crippen LogP contribution in [0.1, 0.15) is 33.1 Å². The van der Waals surface area contributed by atoms with Gasteiger partial charge in [-0.2, -0.15) is 0 Å². The summed E-state index contributed by atoms with van der Waals surface area (Å²) in [6.07, 6.45) is 2.59. The van der Waals surface area contributed by atoms with E-state index in [9.17, 15) is 14.4 Å². The predicted molar refractivity (Wildman–Crippen MR) is 101 cm³/mol. The Labute approximate surface area is 157 Å². The van der Waals surface area contributed by atoms with Gasteiger partial charge in [0, 0.05) is 19.6 Å². The lowest BCUT2D eigenvalue weighted by molar-refractivity contribution is -0.159. The van der Waals surface area contributed by atoms with Crippen molar-refractivity contribution in [2.75, 3.05) is 13.1 Å². The van der Waals surface area contributed by atoms with Crippen LogP contribution < -0.4 is 5.56 Å². The zero-order valence-electron chi connectivity index (χ0n) is 15.8. The van der Waals surface area contributed by atoms with Crippen LogP contribution in [0.3, 0.4) is 0 Å². The van der Waals surface area contributed by atoms with Crippen molar-refractivity contribution < 1.29 is 14.3 Å². The molecule has 0 aliphatic carbocycles. The number of ether oxygens (including phenoxy) is 1. The second-order valence-electron chi connectivity index (χ2n) is 7.15. The highest BCUT2D eigenvalue weighted by atomic mass is 16.5. The number of nitrogens with zero attached hydrogens (tertiary/aromatic N) is 3. The normalized spacial score (nSPS) is 16.3. The summed E-state index contributed by atoms with van der Waals surface area (Å²) in [6, 6.07) is 7.07. The SMILES string of the molecule is CC1CCN(C(=O)[C@@H](C)OC(=O)CCn2cnc3ccccc3c2=O)CC1. The van der Waals surface area contributed by atoms with Gasteiger partial charge in [0.2, 0.25) is 0 Å². The van der Waals surface area contributed by atoms with Gasteiger partial charge in [0.05, 0.1) is 23.7 Å². The molecular formula is C20H25N3O4. The highest BCUT2D eigenvalue weighted by Gasteiger charge is 2.26. The third-order valence-electron chi connectivity index (χ3n) is 5.04. The summed E-state index contributed by atoms with van der Waals surface area (Å²) in [5.74, 6) is -0.0261. The van der Waals surface area contributed by atoms with E-state index in [0.29, 0.717) is 29.9 Å². The van der Waals surface area contributed by atoms with Crippen LogP contribution in [-0.2, 0) is 20.9 Å². The van der Waals surface area contributed by atoms with Gasteiger partial charge in [-0.25, -0.2) is 4.98 Å². The van der Waals surface area contributed by atoms with Gasteiger partial charge in [-0.15, -0.1) is 0 Å². The van der Waals surface area contributed by atoms with Crippen molar-refractivity contribution in [3.8, 4) is 0 Å². The summed E-state index contributed by atoms with van der Waals surface area (Å²) in [5.41, 5.74) is 0.427. The fourth-order valence-electron chi connectivity index (χ4n) is 3.27. The number of amides is 1. The van der Waals surface area contributed by atoms with E-state index in [1.165, 1.54) is 10.9 Å². The summed E-state index contributed by atoms with van der Waals surface area (Å²) >= 11 is 0. The highest BCUT2D eigenvalue weighted by molar-refractivity contribution is 5.83. The number of likely N-dealkylation sites (tertiary alicyclic amines) is 1. The molecule has 1 aromatic heterocycles. The molecule has 2 aromatic rings. The molecule has 27 heavy (non-hydrogen) atoms. The first-order valence-electron chi connectivity index (χ1n) is 9.38. The van der Waals surface area contributed by atoms with E-state index in [-0.39, 0.29) is 24.4 Å². The molecular weight excluding hydrogens is 346 g/mol. The number of fused-ring (bicyclic) bond motifs is 1. The first-order valence-corrected chi connectivity index (χ1v) is 9.38. The van der Waals surface area contributed by atoms with Crippen LogP contribution in [0.2, 0.25) is 0 Å². The number of benzene rings is 1. The molecule has 0 unspecified atom stereocenters. The van der Waals surface area contributed by atoms with Crippen LogP contribution in [0.25, 0.3) is 10.9 Å². The fraction of sp³-hybridized carbons (Fsp3) is 0.500. The minimum Gasteiger partial charge on any atom is -0.452 e. The van der Waals surface area contributed by atoms with E-state index >= 15 is 0 Å². The molecule has 1 aliphatic heterocycles. The maximum absolute atomic E-state index is 12.4. The number of hydrogen-bond acceptors (Lipinski definition) is 5. The molecule has 7 nitrogen and oxygen atoms in total. The van der Waals surface area contributed by atoms with Crippen molar-refractivity contribution in [2.45, 2.75) is 45.8 Å². The Bertz CT molecular complexity index is 884. The molecule has 144 valence electrons. The first-order chi connectivity index (χ1) is 13.0. The maximum atomic E-state index is 12.4. The summed E-state index contributed by atoms with van der Waals surface area (Å²) < 4.78 is 6.67. The molecule has 0 radical (unpaired) electrons. The van der Waals surface area contributed by atoms with Crippen molar-refractivity contribution >= 4 is 22.8 Å². The lowest BCUT2D eigenvalue weighted by Gasteiger charge is -2.31. The molecule has 0 spiro atoms. The average molecular weight is 371 g/mol. The van der Waals surface area contributed by atoms with Gasteiger partial charge in [0.25, 0.3) is 11.5 Å². The second kappa shape index (κ2) is 8.33. The number of carbonyl (C=O) groups excluding carboxylic acids is 2. The molecule has 1 fully saturated rings. The van der Waals surface area contributed by atoms with Crippen LogP contribution in [0.5, 0.6) is 0 Å². The zero-order valence-corrected chi connectivity index (χ0v) is 15.8. The molecule has 1 saturated heterocycles. The van der Waals surface area contributed by atoms with Crippen molar-refractivity contribution in [3.63, 3.8) is 0 Å². The number of rotatable bonds is 5. The lowest BCUT2D eigenvalue weighted by Crippen LogP contribution is -2.44. The molecule has 0 saturated carbocycles. The summed E-state index contributed by atoms with van der Waals surface area (Å²) in [5, 5.41) is 0.510. The van der Waals surface area contributed by atoms with E-state index in [4.69, 9.17) is 4.74 Å². The van der Waals surface area contributed by atoms with Gasteiger partial charge < -0.3 is 9.64 Å². The Morgan fingerprint density at radius 2 is 1.96 bits per heavy atom. The number of aryl methyl sites for hydroxylation is 1. The van der Waals surface area contributed by atoms with E-state index in [2.05, 4.69) is 11.9 Å². The second-order valence-corrected chi connectivity index (χ2v) is 7.15. The molecule has 1 amide bonds. The van der Waals surface area contributed by atoms with Gasteiger partial charge in [0.15, 0.2) is 6.10 Å². The first kappa shape index (κ1) is 19.1. The monoisotopic (exact) mass is 371 g/mol. The number of para-hydroxylation sites is 1. The molecule has 3 rings (SSSR count). The molecule has 2 heterocycles. The van der Waals surface area contributed by atoms with Gasteiger partial charge in [-0.1, -0.05) is 19.1 Å². The van der Waals surface area contributed by atoms with E-state index in [1.807, 2.05) is 6.07 Å². The summed E-state index contributed by atoms with van der Waals surface area (Å²) in [6.45, 7) is 5.36. The maximum Gasteiger partial charge on any atom is 0.308 e. The van der Waals surface area contributed by atoms with Crippen LogP contribution in [0, 0.1) is 5.92 Å². The topological polar surface area (TPSA) is 81.5 Å². The van der Waals surface area contributed by atoms with Crippen LogP contribution in [0.4, 0.5) is 0 Å². The van der Waals surface area contributed by atoms with Crippen molar-refractivity contribution in [2.24, 2.45) is 5.92 Å². The van der Waals surface area contributed by atoms with E-state index in [0.717, 1.165) is 12.8 Å². The van der Waals surface area contributed by atoms with Gasteiger partial charge >= 0.3 is 5.97 Å². The number of aromatic nitrogens is 2. The molecule has 1 aliphatic rings. The number of hydrogen-bond donors (Lipinski definition) is 0. The molecule has 1 aromatic carbocycles. The number of piperidine rings is 1. The van der Waals surface area contributed by atoms with Gasteiger partial charge in [-0.3, -0.25) is 19.0 Å². The van der Waals surface area contributed by atoms with E-state index < -0.39 is 12.1 Å². The predicted octanol–water partition coefficient (Wildman–Crippen LogP) is 1.98. The highest BCUT2D eigenvalue weighted by Crippen LogP contribution is 2.17. The fourth-order valence-corrected chi connectivity index (χ4v) is 3.27. The van der Waals surface area contributed by atoms with Crippen LogP contribution in [0.15, 0.2) is 35.4 Å². The molecule has 1 atom stereocenters. The Morgan fingerprint density at radius 1 is 1.26 bits per heavy atom. The largest absolute Gasteiger partial charge is 0.452 e. The van der Waals surface area contributed by atoms with Crippen LogP contribution >= 0.6 is 0 Å². The molecule has 7 heteroatoms. The zero-order chi connectivity index (χ0) is 19.4. The van der Waals surface area contributed by atoms with Crippen molar-refractivity contribution in [1.82, 2.24) is 14.5 Å². The Balaban J connectivity index is 1.54. The standard InChI is InChI=1S/C20H25N3O4/c1-14-7-10-22(11-8-14)19(25)15(2)27-18(24)9-12-23-13-21-17-6-4-3-5-16(17)20(23)26/h3-6,13-15H,7-12H2,1-2H3/t15-/m1/s1. The number of carbonyl (C=O) groups is 2. The Kier molecular flexibility index (Phi) is 5.88. The smallest absolute Gasteiger partial charge is 0.308 e. The van der Waals surface area contributed by atoms with Gasteiger partial charge in [0.1, 0.15) is 0 Å². The average Bonchev–Trinajstić information content (AvgIpc) is 2.67. The summed E-state index contributed by atoms with van der Waals surface area (Å²) in [7, 11) is 0. The number of esters is 1. The van der Waals surface area contributed by atoms with Crippen molar-refractivity contribution in [3.05, 3.63) is 40.9 Å². The van der Waals surface area contributed by atoms with Crippen LogP contribution in [-0.4, -0.2) is 45.5 Å². The van der Waals surface area contributed by atoms with Gasteiger partial charge in [-0.05, 0) is 37.8 Å². The summed E-state index contributed by atoms with van der Waals surface area (Å²) in [4.78, 5) is 42.9. The lowest BCUT2D eigenvalue weighted by atomic mass is 9.99. The minimum absolute atomic E-state index is 0.00851. The Morgan fingerprint density at radius 3 is 2.70 bits per heavy atom. The Hall–Kier alpha value is -2.70.